The molecule has 4 nitrogen and oxygen atoms in total. The van der Waals surface area contributed by atoms with Crippen LogP contribution in [0.2, 0.25) is 0 Å². The normalized spacial score (nSPS) is 19.2. The van der Waals surface area contributed by atoms with Gasteiger partial charge in [-0.3, -0.25) is 9.78 Å². The summed E-state index contributed by atoms with van der Waals surface area (Å²) in [4.78, 5) is 15.7. The lowest BCUT2D eigenvalue weighted by Crippen LogP contribution is -2.24. The number of carbonyl (C=O) groups is 1. The molecule has 0 radical (unpaired) electrons. The van der Waals surface area contributed by atoms with Crippen LogP contribution >= 0.6 is 0 Å². The van der Waals surface area contributed by atoms with Crippen molar-refractivity contribution in [2.45, 2.75) is 38.3 Å². The summed E-state index contributed by atoms with van der Waals surface area (Å²) in [5.74, 6) is 0.0751. The van der Waals surface area contributed by atoms with Crippen LogP contribution in [0, 0.1) is 0 Å². The van der Waals surface area contributed by atoms with E-state index in [0.29, 0.717) is 13.0 Å². The number of rotatable bonds is 5. The largest absolute Gasteiger partial charge is 0.378 e. The van der Waals surface area contributed by atoms with E-state index in [1.807, 2.05) is 18.2 Å². The van der Waals surface area contributed by atoms with Gasteiger partial charge in [0.25, 0.3) is 0 Å². The molecule has 0 bridgehead atoms. The van der Waals surface area contributed by atoms with Crippen molar-refractivity contribution in [1.82, 2.24) is 10.3 Å². The molecule has 0 spiro atoms. The van der Waals surface area contributed by atoms with Gasteiger partial charge in [0.05, 0.1) is 18.3 Å². The molecule has 1 saturated heterocycles. The molecular weight excluding hydrogens is 216 g/mol. The maximum atomic E-state index is 11.6. The molecule has 92 valence electrons. The number of pyridine rings is 1. The molecule has 1 N–H and O–H groups in total. The lowest BCUT2D eigenvalue weighted by Gasteiger charge is -2.09. The highest BCUT2D eigenvalue weighted by Gasteiger charge is 2.16. The maximum absolute atomic E-state index is 11.6. The molecule has 1 amide bonds. The lowest BCUT2D eigenvalue weighted by molar-refractivity contribution is -0.121. The van der Waals surface area contributed by atoms with Gasteiger partial charge in [-0.1, -0.05) is 6.07 Å². The third-order valence-electron chi connectivity index (χ3n) is 2.91. The summed E-state index contributed by atoms with van der Waals surface area (Å²) in [5, 5.41) is 2.87. The molecule has 1 aliphatic rings. The average molecular weight is 234 g/mol. The zero-order valence-corrected chi connectivity index (χ0v) is 9.89. The molecule has 0 aromatic carbocycles. The number of hydrogen-bond donors (Lipinski definition) is 1. The second kappa shape index (κ2) is 6.35. The molecular formula is C13H18N2O2. The molecule has 1 fully saturated rings. The van der Waals surface area contributed by atoms with E-state index >= 15 is 0 Å². The van der Waals surface area contributed by atoms with Gasteiger partial charge in [0.15, 0.2) is 0 Å². The Morgan fingerprint density at radius 1 is 1.53 bits per heavy atom. The Morgan fingerprint density at radius 3 is 3.18 bits per heavy atom. The molecule has 4 heteroatoms. The molecule has 1 unspecified atom stereocenters. The summed E-state index contributed by atoms with van der Waals surface area (Å²) in [5.41, 5.74) is 0.887. The van der Waals surface area contributed by atoms with Crippen LogP contribution < -0.4 is 5.32 Å². The third kappa shape index (κ3) is 4.15. The first-order valence-corrected chi connectivity index (χ1v) is 6.13. The first-order chi connectivity index (χ1) is 8.34. The van der Waals surface area contributed by atoms with Gasteiger partial charge in [-0.05, 0) is 31.4 Å². The van der Waals surface area contributed by atoms with E-state index in [9.17, 15) is 4.79 Å². The van der Waals surface area contributed by atoms with Gasteiger partial charge in [-0.2, -0.15) is 0 Å². The molecule has 2 heterocycles. The summed E-state index contributed by atoms with van der Waals surface area (Å²) in [6.45, 7) is 1.35. The van der Waals surface area contributed by atoms with Crippen molar-refractivity contribution in [2.24, 2.45) is 0 Å². The number of nitrogens with zero attached hydrogens (tertiary/aromatic N) is 1. The van der Waals surface area contributed by atoms with Crippen molar-refractivity contribution in [3.63, 3.8) is 0 Å². The van der Waals surface area contributed by atoms with E-state index < -0.39 is 0 Å². The second-order valence-corrected chi connectivity index (χ2v) is 4.27. The van der Waals surface area contributed by atoms with E-state index in [1.54, 1.807) is 6.20 Å². The fraction of sp³-hybridized carbons (Fsp3) is 0.538. The van der Waals surface area contributed by atoms with Gasteiger partial charge in [-0.15, -0.1) is 0 Å². The van der Waals surface area contributed by atoms with Crippen molar-refractivity contribution in [3.8, 4) is 0 Å². The molecule has 0 aliphatic carbocycles. The van der Waals surface area contributed by atoms with Gasteiger partial charge < -0.3 is 10.1 Å². The maximum Gasteiger partial charge on any atom is 0.220 e. The molecule has 17 heavy (non-hydrogen) atoms. The fourth-order valence-electron chi connectivity index (χ4n) is 1.94. The van der Waals surface area contributed by atoms with Crippen LogP contribution in [0.1, 0.15) is 31.4 Å². The van der Waals surface area contributed by atoms with Crippen LogP contribution in [0.4, 0.5) is 0 Å². The summed E-state index contributed by atoms with van der Waals surface area (Å²) in [7, 11) is 0. The molecule has 2 rings (SSSR count). The highest BCUT2D eigenvalue weighted by Crippen LogP contribution is 2.16. The lowest BCUT2D eigenvalue weighted by atomic mass is 10.1. The number of hydrogen-bond acceptors (Lipinski definition) is 3. The Morgan fingerprint density at radius 2 is 2.47 bits per heavy atom. The minimum absolute atomic E-state index is 0.0751. The Kier molecular flexibility index (Phi) is 4.50. The summed E-state index contributed by atoms with van der Waals surface area (Å²) >= 11 is 0. The highest BCUT2D eigenvalue weighted by atomic mass is 16.5. The zero-order chi connectivity index (χ0) is 11.9. The van der Waals surface area contributed by atoms with Crippen LogP contribution in [-0.2, 0) is 16.1 Å². The standard InChI is InChI=1S/C13H18N2O2/c16-13(7-6-12-5-3-9-17-12)15-10-11-4-1-2-8-14-11/h1-2,4,8,12H,3,5-7,9-10H2,(H,15,16). The van der Waals surface area contributed by atoms with Crippen LogP contribution in [0.3, 0.4) is 0 Å². The van der Waals surface area contributed by atoms with Gasteiger partial charge >= 0.3 is 0 Å². The second-order valence-electron chi connectivity index (χ2n) is 4.27. The quantitative estimate of drug-likeness (QED) is 0.843. The van der Waals surface area contributed by atoms with Crippen molar-refractivity contribution >= 4 is 5.91 Å². The minimum atomic E-state index is 0.0751. The third-order valence-corrected chi connectivity index (χ3v) is 2.91. The molecule has 1 atom stereocenters. The topological polar surface area (TPSA) is 51.2 Å². The average Bonchev–Trinajstić information content (AvgIpc) is 2.88. The summed E-state index contributed by atoms with van der Waals surface area (Å²) < 4.78 is 5.47. The predicted molar refractivity (Wildman–Crippen MR) is 64.3 cm³/mol. The van der Waals surface area contributed by atoms with Crippen molar-refractivity contribution in [2.75, 3.05) is 6.61 Å². The van der Waals surface area contributed by atoms with E-state index in [-0.39, 0.29) is 12.0 Å². The fourth-order valence-corrected chi connectivity index (χ4v) is 1.94. The molecule has 1 aromatic rings. The summed E-state index contributed by atoms with van der Waals surface area (Å²) in [6, 6.07) is 5.68. The smallest absolute Gasteiger partial charge is 0.220 e. The number of ether oxygens (including phenoxy) is 1. The van der Waals surface area contributed by atoms with E-state index in [0.717, 1.165) is 31.6 Å². The molecule has 0 saturated carbocycles. The SMILES string of the molecule is O=C(CCC1CCCO1)NCc1ccccn1. The van der Waals surface area contributed by atoms with E-state index in [4.69, 9.17) is 4.74 Å². The molecule has 1 aromatic heterocycles. The monoisotopic (exact) mass is 234 g/mol. The number of aromatic nitrogens is 1. The first-order valence-electron chi connectivity index (χ1n) is 6.13. The summed E-state index contributed by atoms with van der Waals surface area (Å²) in [6.07, 6.45) is 5.60. The highest BCUT2D eigenvalue weighted by molar-refractivity contribution is 5.75. The first kappa shape index (κ1) is 12.0. The van der Waals surface area contributed by atoms with Gasteiger partial charge in [-0.25, -0.2) is 0 Å². The van der Waals surface area contributed by atoms with E-state index in [2.05, 4.69) is 10.3 Å². The van der Waals surface area contributed by atoms with Gasteiger partial charge in [0, 0.05) is 19.2 Å². The Hall–Kier alpha value is -1.42. The van der Waals surface area contributed by atoms with Gasteiger partial charge in [0.1, 0.15) is 0 Å². The number of nitrogens with one attached hydrogen (secondary N) is 1. The number of carbonyl (C=O) groups excluding carboxylic acids is 1. The van der Waals surface area contributed by atoms with Crippen LogP contribution in [-0.4, -0.2) is 23.6 Å². The molecule has 1 aliphatic heterocycles. The van der Waals surface area contributed by atoms with Crippen molar-refractivity contribution in [3.05, 3.63) is 30.1 Å². The number of amides is 1. The Bertz CT molecular complexity index is 348. The van der Waals surface area contributed by atoms with E-state index in [1.165, 1.54) is 0 Å². The van der Waals surface area contributed by atoms with Crippen LogP contribution in [0.25, 0.3) is 0 Å². The predicted octanol–water partition coefficient (Wildman–Crippen LogP) is 1.66. The Labute approximate surface area is 101 Å². The zero-order valence-electron chi connectivity index (χ0n) is 9.89. The van der Waals surface area contributed by atoms with Gasteiger partial charge in [0.2, 0.25) is 5.91 Å². The van der Waals surface area contributed by atoms with Crippen molar-refractivity contribution < 1.29 is 9.53 Å². The minimum Gasteiger partial charge on any atom is -0.378 e. The van der Waals surface area contributed by atoms with Crippen LogP contribution in [0.5, 0.6) is 0 Å². The van der Waals surface area contributed by atoms with Crippen molar-refractivity contribution in [1.29, 1.82) is 0 Å². The Balaban J connectivity index is 1.64. The van der Waals surface area contributed by atoms with Crippen LogP contribution in [0.15, 0.2) is 24.4 Å².